The molecule has 1 aliphatic carbocycles. The minimum atomic E-state index is -3.06. The van der Waals surface area contributed by atoms with Gasteiger partial charge in [0.15, 0.2) is 0 Å². The van der Waals surface area contributed by atoms with Crippen LogP contribution in [0.4, 0.5) is 0 Å². The highest BCUT2D eigenvalue weighted by atomic mass is 32.2. The summed E-state index contributed by atoms with van der Waals surface area (Å²) in [6, 6.07) is 0.306. The zero-order valence-electron chi connectivity index (χ0n) is 13.4. The van der Waals surface area contributed by atoms with E-state index in [1.165, 1.54) is 32.1 Å². The zero-order chi connectivity index (χ0) is 14.8. The molecule has 0 aromatic heterocycles. The van der Waals surface area contributed by atoms with Crippen LogP contribution in [0.15, 0.2) is 0 Å². The largest absolute Gasteiger partial charge is 0.214 e. The normalized spacial score (nSPS) is 27.1. The molecule has 118 valence electrons. The summed E-state index contributed by atoms with van der Waals surface area (Å²) in [5.41, 5.74) is 0.0904. The Bertz CT molecular complexity index is 405. The van der Waals surface area contributed by atoms with Crippen molar-refractivity contribution in [3.63, 3.8) is 0 Å². The Balaban J connectivity index is 2.01. The Labute approximate surface area is 125 Å². The maximum absolute atomic E-state index is 12.7. The van der Waals surface area contributed by atoms with Gasteiger partial charge in [-0.3, -0.25) is 0 Å². The van der Waals surface area contributed by atoms with E-state index in [0.29, 0.717) is 17.7 Å². The molecule has 3 nitrogen and oxygen atoms in total. The van der Waals surface area contributed by atoms with Crippen molar-refractivity contribution in [2.45, 2.75) is 78.2 Å². The van der Waals surface area contributed by atoms with Crippen molar-refractivity contribution >= 4 is 10.0 Å². The summed E-state index contributed by atoms with van der Waals surface area (Å²) in [7, 11) is -3.06. The van der Waals surface area contributed by atoms with Gasteiger partial charge in [-0.15, -0.1) is 0 Å². The summed E-state index contributed by atoms with van der Waals surface area (Å²) in [6.07, 6.45) is 9.26. The Morgan fingerprint density at radius 1 is 1.00 bits per heavy atom. The van der Waals surface area contributed by atoms with Crippen LogP contribution in [0, 0.1) is 11.3 Å². The lowest BCUT2D eigenvalue weighted by molar-refractivity contribution is 0.225. The van der Waals surface area contributed by atoms with Crippen LogP contribution in [-0.4, -0.2) is 31.1 Å². The molecule has 1 heterocycles. The first kappa shape index (κ1) is 16.3. The molecule has 0 bridgehead atoms. The third-order valence-corrected chi connectivity index (χ3v) is 6.80. The average Bonchev–Trinajstić information content (AvgIpc) is 2.87. The molecule has 1 atom stereocenters. The van der Waals surface area contributed by atoms with Gasteiger partial charge in [-0.05, 0) is 43.4 Å². The number of hydrogen-bond donors (Lipinski definition) is 0. The quantitative estimate of drug-likeness (QED) is 0.792. The minimum absolute atomic E-state index is 0.0904. The van der Waals surface area contributed by atoms with Gasteiger partial charge >= 0.3 is 0 Å². The second-order valence-electron chi connectivity index (χ2n) is 7.85. The molecule has 0 N–H and O–H groups in total. The van der Waals surface area contributed by atoms with Crippen molar-refractivity contribution in [2.75, 3.05) is 12.3 Å². The first-order chi connectivity index (χ1) is 9.30. The van der Waals surface area contributed by atoms with Crippen LogP contribution in [0.1, 0.15) is 72.1 Å². The Morgan fingerprint density at radius 2 is 1.65 bits per heavy atom. The van der Waals surface area contributed by atoms with Crippen LogP contribution in [0.3, 0.4) is 0 Å². The van der Waals surface area contributed by atoms with E-state index in [9.17, 15) is 8.42 Å². The molecule has 1 aliphatic heterocycles. The van der Waals surface area contributed by atoms with Crippen molar-refractivity contribution in [1.29, 1.82) is 0 Å². The van der Waals surface area contributed by atoms with Crippen molar-refractivity contribution in [1.82, 2.24) is 4.31 Å². The van der Waals surface area contributed by atoms with Crippen molar-refractivity contribution in [2.24, 2.45) is 11.3 Å². The second kappa shape index (κ2) is 6.35. The third kappa shape index (κ3) is 4.20. The summed E-state index contributed by atoms with van der Waals surface area (Å²) in [5, 5.41) is 0. The van der Waals surface area contributed by atoms with Crippen molar-refractivity contribution in [3.8, 4) is 0 Å². The van der Waals surface area contributed by atoms with Gasteiger partial charge in [0, 0.05) is 12.6 Å². The summed E-state index contributed by atoms with van der Waals surface area (Å²) < 4.78 is 27.2. The third-order valence-electron chi connectivity index (χ3n) is 4.91. The monoisotopic (exact) mass is 301 g/mol. The number of nitrogens with zero attached hydrogens (tertiary/aromatic N) is 1. The lowest BCUT2D eigenvalue weighted by Crippen LogP contribution is -2.42. The first-order valence-corrected chi connectivity index (χ1v) is 9.90. The van der Waals surface area contributed by atoms with Gasteiger partial charge in [-0.2, -0.15) is 4.31 Å². The maximum atomic E-state index is 12.7. The van der Waals surface area contributed by atoms with E-state index >= 15 is 0 Å². The van der Waals surface area contributed by atoms with Crippen LogP contribution in [0.2, 0.25) is 0 Å². The lowest BCUT2D eigenvalue weighted by atomic mass is 9.83. The number of rotatable bonds is 4. The van der Waals surface area contributed by atoms with Gasteiger partial charge in [-0.1, -0.05) is 40.0 Å². The topological polar surface area (TPSA) is 37.4 Å². The molecule has 2 rings (SSSR count). The van der Waals surface area contributed by atoms with Gasteiger partial charge in [0.2, 0.25) is 10.0 Å². The highest BCUT2D eigenvalue weighted by Gasteiger charge is 2.39. The Hall–Kier alpha value is -0.0900. The fourth-order valence-corrected chi connectivity index (χ4v) is 5.86. The Kier molecular flexibility index (Phi) is 5.17. The molecule has 2 fully saturated rings. The molecule has 20 heavy (non-hydrogen) atoms. The fraction of sp³-hybridized carbons (Fsp3) is 1.00. The van der Waals surface area contributed by atoms with Crippen LogP contribution in [0.5, 0.6) is 0 Å². The van der Waals surface area contributed by atoms with Crippen LogP contribution in [0.25, 0.3) is 0 Å². The van der Waals surface area contributed by atoms with Gasteiger partial charge in [0.1, 0.15) is 0 Å². The number of hydrogen-bond acceptors (Lipinski definition) is 2. The first-order valence-electron chi connectivity index (χ1n) is 8.29. The van der Waals surface area contributed by atoms with Gasteiger partial charge in [-0.25, -0.2) is 8.42 Å². The smallest absolute Gasteiger partial charge is 0.212 e. The molecule has 0 radical (unpaired) electrons. The standard InChI is InChI=1S/C16H31NO2S/c1-16(2,3)11-13-20(18,19)17-12-7-10-15(17)14-8-5-4-6-9-14/h14-15H,4-13H2,1-3H3/t15-/m1/s1. The van der Waals surface area contributed by atoms with Gasteiger partial charge in [0.25, 0.3) is 0 Å². The molecular weight excluding hydrogens is 270 g/mol. The van der Waals surface area contributed by atoms with Gasteiger partial charge < -0.3 is 0 Å². The van der Waals surface area contributed by atoms with Crippen molar-refractivity contribution in [3.05, 3.63) is 0 Å². The van der Waals surface area contributed by atoms with E-state index in [-0.39, 0.29) is 5.41 Å². The zero-order valence-corrected chi connectivity index (χ0v) is 14.2. The SMILES string of the molecule is CC(C)(C)CCS(=O)(=O)N1CCC[C@@H]1C1CCCCC1. The predicted molar refractivity (Wildman–Crippen MR) is 84.2 cm³/mol. The molecule has 0 spiro atoms. The molecule has 0 aromatic rings. The van der Waals surface area contributed by atoms with E-state index in [2.05, 4.69) is 20.8 Å². The molecule has 4 heteroatoms. The number of sulfonamides is 1. The second-order valence-corrected chi connectivity index (χ2v) is 9.89. The van der Waals surface area contributed by atoms with E-state index in [1.807, 2.05) is 4.31 Å². The van der Waals surface area contributed by atoms with Crippen LogP contribution in [-0.2, 0) is 10.0 Å². The maximum Gasteiger partial charge on any atom is 0.214 e. The van der Waals surface area contributed by atoms with E-state index in [0.717, 1.165) is 25.8 Å². The summed E-state index contributed by atoms with van der Waals surface area (Å²) >= 11 is 0. The van der Waals surface area contributed by atoms with E-state index in [4.69, 9.17) is 0 Å². The predicted octanol–water partition coefficient (Wildman–Crippen LogP) is 3.80. The fourth-order valence-electron chi connectivity index (χ4n) is 3.65. The molecule has 2 aliphatic rings. The van der Waals surface area contributed by atoms with Crippen molar-refractivity contribution < 1.29 is 8.42 Å². The lowest BCUT2D eigenvalue weighted by Gasteiger charge is -2.34. The molecule has 0 amide bonds. The molecule has 0 unspecified atom stereocenters. The van der Waals surface area contributed by atoms with Crippen LogP contribution < -0.4 is 0 Å². The summed E-state index contributed by atoms with van der Waals surface area (Å²) in [6.45, 7) is 7.11. The Morgan fingerprint density at radius 3 is 2.25 bits per heavy atom. The minimum Gasteiger partial charge on any atom is -0.212 e. The molecule has 0 aromatic carbocycles. The molecular formula is C16H31NO2S. The highest BCUT2D eigenvalue weighted by Crippen LogP contribution is 2.36. The summed E-state index contributed by atoms with van der Waals surface area (Å²) in [4.78, 5) is 0. The van der Waals surface area contributed by atoms with E-state index < -0.39 is 10.0 Å². The molecule has 1 saturated carbocycles. The van der Waals surface area contributed by atoms with Gasteiger partial charge in [0.05, 0.1) is 5.75 Å². The highest BCUT2D eigenvalue weighted by molar-refractivity contribution is 7.89. The van der Waals surface area contributed by atoms with Crippen LogP contribution >= 0.6 is 0 Å². The molecule has 1 saturated heterocycles. The van der Waals surface area contributed by atoms with E-state index in [1.54, 1.807) is 0 Å². The average molecular weight is 301 g/mol. The summed E-state index contributed by atoms with van der Waals surface area (Å²) in [5.74, 6) is 0.940.